The van der Waals surface area contributed by atoms with Gasteiger partial charge in [-0.05, 0) is 18.2 Å². The van der Waals surface area contributed by atoms with Crippen LogP contribution < -0.4 is 10.2 Å². The van der Waals surface area contributed by atoms with Crippen LogP contribution in [-0.4, -0.2) is 26.9 Å². The Morgan fingerprint density at radius 2 is 2.11 bits per heavy atom. The molecule has 0 saturated carbocycles. The molecule has 0 bridgehead atoms. The van der Waals surface area contributed by atoms with Crippen molar-refractivity contribution in [3.8, 4) is 0 Å². The van der Waals surface area contributed by atoms with Crippen molar-refractivity contribution in [2.75, 3.05) is 25.8 Å². The molecular formula is C11H13F3N2O2. The Morgan fingerprint density at radius 3 is 2.61 bits per heavy atom. The number of benzene rings is 1. The molecule has 1 N–H and O–H groups in total. The summed E-state index contributed by atoms with van der Waals surface area (Å²) >= 11 is 0. The fraction of sp³-hybridized carbons (Fsp3) is 0.364. The van der Waals surface area contributed by atoms with E-state index in [2.05, 4.69) is 5.32 Å². The molecule has 4 nitrogen and oxygen atoms in total. The van der Waals surface area contributed by atoms with Gasteiger partial charge in [0.1, 0.15) is 6.73 Å². The smallest absolute Gasteiger partial charge is 0.364 e. The lowest BCUT2D eigenvalue weighted by Gasteiger charge is -2.22. The molecule has 18 heavy (non-hydrogen) atoms. The van der Waals surface area contributed by atoms with Crippen LogP contribution in [0.2, 0.25) is 0 Å². The maximum atomic E-state index is 12.5. The summed E-state index contributed by atoms with van der Waals surface area (Å²) in [5.41, 5.74) is -0.698. The lowest BCUT2D eigenvalue weighted by Crippen LogP contribution is -2.39. The van der Waals surface area contributed by atoms with Crippen LogP contribution in [0.1, 0.15) is 5.56 Å². The average Bonchev–Trinajstić information content (AvgIpc) is 2.34. The maximum Gasteiger partial charge on any atom is 0.416 e. The minimum Gasteiger partial charge on any atom is -0.364 e. The fourth-order valence-electron chi connectivity index (χ4n) is 1.36. The summed E-state index contributed by atoms with van der Waals surface area (Å²) in [7, 11) is 2.74. The van der Waals surface area contributed by atoms with E-state index < -0.39 is 17.8 Å². The molecule has 1 aromatic carbocycles. The highest BCUT2D eigenvalue weighted by Gasteiger charge is 2.31. The Morgan fingerprint density at radius 1 is 1.44 bits per heavy atom. The Kier molecular flexibility index (Phi) is 4.55. The second-order valence-corrected chi connectivity index (χ2v) is 3.45. The molecule has 0 heterocycles. The first-order chi connectivity index (χ1) is 8.40. The number of ether oxygens (including phenoxy) is 1. The highest BCUT2D eigenvalue weighted by Crippen LogP contribution is 2.31. The number of anilines is 1. The van der Waals surface area contributed by atoms with Crippen molar-refractivity contribution in [2.24, 2.45) is 0 Å². The van der Waals surface area contributed by atoms with Gasteiger partial charge in [0.25, 0.3) is 0 Å². The zero-order chi connectivity index (χ0) is 13.8. The van der Waals surface area contributed by atoms with E-state index in [0.29, 0.717) is 0 Å². The molecule has 0 atom stereocenters. The van der Waals surface area contributed by atoms with Crippen molar-refractivity contribution < 1.29 is 22.7 Å². The van der Waals surface area contributed by atoms with Gasteiger partial charge in [-0.1, -0.05) is 6.07 Å². The van der Waals surface area contributed by atoms with Gasteiger partial charge >= 0.3 is 12.2 Å². The van der Waals surface area contributed by atoms with Crippen LogP contribution in [0, 0.1) is 0 Å². The molecule has 0 unspecified atom stereocenters. The summed E-state index contributed by atoms with van der Waals surface area (Å²) in [5, 5.41) is 2.33. The molecule has 2 amide bonds. The zero-order valence-corrected chi connectivity index (χ0v) is 9.91. The van der Waals surface area contributed by atoms with Gasteiger partial charge in [0.15, 0.2) is 0 Å². The summed E-state index contributed by atoms with van der Waals surface area (Å²) in [4.78, 5) is 12.6. The van der Waals surface area contributed by atoms with E-state index in [0.717, 1.165) is 17.0 Å². The number of rotatable bonds is 3. The van der Waals surface area contributed by atoms with E-state index in [-0.39, 0.29) is 12.4 Å². The number of carbonyl (C=O) groups is 1. The van der Waals surface area contributed by atoms with Gasteiger partial charge in [0.05, 0.1) is 5.56 Å². The van der Waals surface area contributed by atoms with Crippen molar-refractivity contribution in [2.45, 2.75) is 6.18 Å². The normalized spacial score (nSPS) is 11.2. The molecular weight excluding hydrogens is 249 g/mol. The average molecular weight is 262 g/mol. The molecule has 0 fully saturated rings. The predicted octanol–water partition coefficient (Wildman–Crippen LogP) is 2.46. The molecule has 0 aliphatic heterocycles. The van der Waals surface area contributed by atoms with Gasteiger partial charge in [0, 0.05) is 19.8 Å². The molecule has 1 rings (SSSR count). The molecule has 7 heteroatoms. The number of nitrogens with one attached hydrogen (secondary N) is 1. The number of methoxy groups -OCH3 is 1. The standard InChI is InChI=1S/C11H13F3N2O2/c1-15-10(17)16(7-18-2)9-5-3-4-8(6-9)11(12,13)14/h3-6H,7H2,1-2H3,(H,15,17). The van der Waals surface area contributed by atoms with Crippen LogP contribution >= 0.6 is 0 Å². The first-order valence-corrected chi connectivity index (χ1v) is 5.05. The van der Waals surface area contributed by atoms with E-state index in [1.807, 2.05) is 0 Å². The summed E-state index contributed by atoms with van der Waals surface area (Å²) in [6, 6.07) is 3.94. The van der Waals surface area contributed by atoms with E-state index in [1.165, 1.54) is 26.3 Å². The van der Waals surface area contributed by atoms with Gasteiger partial charge < -0.3 is 10.1 Å². The molecule has 0 saturated heterocycles. The maximum absolute atomic E-state index is 12.5. The number of alkyl halides is 3. The Labute approximate surface area is 102 Å². The van der Waals surface area contributed by atoms with Gasteiger partial charge in [-0.25, -0.2) is 4.79 Å². The van der Waals surface area contributed by atoms with E-state index in [9.17, 15) is 18.0 Å². The lowest BCUT2D eigenvalue weighted by atomic mass is 10.2. The second kappa shape index (κ2) is 5.72. The first kappa shape index (κ1) is 14.3. The van der Waals surface area contributed by atoms with E-state index in [4.69, 9.17) is 4.74 Å². The Hall–Kier alpha value is -1.76. The summed E-state index contributed by atoms with van der Waals surface area (Å²) in [6.07, 6.45) is -4.45. The minimum absolute atomic E-state index is 0.117. The molecule has 100 valence electrons. The van der Waals surface area contributed by atoms with Crippen LogP contribution in [0.25, 0.3) is 0 Å². The van der Waals surface area contributed by atoms with Crippen LogP contribution in [0.4, 0.5) is 23.7 Å². The first-order valence-electron chi connectivity index (χ1n) is 5.05. The third kappa shape index (κ3) is 3.36. The third-order valence-corrected chi connectivity index (χ3v) is 2.20. The zero-order valence-electron chi connectivity index (χ0n) is 9.91. The van der Waals surface area contributed by atoms with Gasteiger partial charge in [-0.2, -0.15) is 13.2 Å². The lowest BCUT2D eigenvalue weighted by molar-refractivity contribution is -0.137. The quantitative estimate of drug-likeness (QED) is 0.850. The molecule has 0 radical (unpaired) electrons. The van der Waals surface area contributed by atoms with Crippen molar-refractivity contribution in [3.05, 3.63) is 29.8 Å². The largest absolute Gasteiger partial charge is 0.416 e. The number of halogens is 3. The SMILES string of the molecule is CNC(=O)N(COC)c1cccc(C(F)(F)F)c1. The van der Waals surface area contributed by atoms with E-state index in [1.54, 1.807) is 0 Å². The number of carbonyl (C=O) groups excluding carboxylic acids is 1. The summed E-state index contributed by atoms with van der Waals surface area (Å²) < 4.78 is 42.4. The van der Waals surface area contributed by atoms with Crippen molar-refractivity contribution in [1.29, 1.82) is 0 Å². The minimum atomic E-state index is -4.45. The van der Waals surface area contributed by atoms with Crippen LogP contribution in [0.5, 0.6) is 0 Å². The van der Waals surface area contributed by atoms with Crippen LogP contribution in [-0.2, 0) is 10.9 Å². The molecule has 0 spiro atoms. The van der Waals surface area contributed by atoms with E-state index >= 15 is 0 Å². The summed E-state index contributed by atoms with van der Waals surface area (Å²) in [6.45, 7) is -0.138. The number of hydrogen-bond donors (Lipinski definition) is 1. The Bertz CT molecular complexity index is 421. The van der Waals surface area contributed by atoms with Crippen molar-refractivity contribution in [3.63, 3.8) is 0 Å². The number of nitrogens with zero attached hydrogens (tertiary/aromatic N) is 1. The third-order valence-electron chi connectivity index (χ3n) is 2.20. The monoisotopic (exact) mass is 262 g/mol. The highest BCUT2D eigenvalue weighted by atomic mass is 19.4. The fourth-order valence-corrected chi connectivity index (χ4v) is 1.36. The number of amides is 2. The molecule has 0 aliphatic rings. The van der Waals surface area contributed by atoms with Gasteiger partial charge in [-0.15, -0.1) is 0 Å². The van der Waals surface area contributed by atoms with Gasteiger partial charge in [-0.3, -0.25) is 4.90 Å². The topological polar surface area (TPSA) is 41.6 Å². The van der Waals surface area contributed by atoms with Gasteiger partial charge in [0.2, 0.25) is 0 Å². The van der Waals surface area contributed by atoms with Crippen molar-refractivity contribution >= 4 is 11.7 Å². The van der Waals surface area contributed by atoms with Crippen LogP contribution in [0.3, 0.4) is 0 Å². The number of hydrogen-bond acceptors (Lipinski definition) is 2. The number of urea groups is 1. The molecule has 0 aromatic heterocycles. The van der Waals surface area contributed by atoms with Crippen LogP contribution in [0.15, 0.2) is 24.3 Å². The molecule has 1 aromatic rings. The second-order valence-electron chi connectivity index (χ2n) is 3.45. The van der Waals surface area contributed by atoms with Crippen molar-refractivity contribution in [1.82, 2.24) is 5.32 Å². The summed E-state index contributed by atoms with van der Waals surface area (Å²) in [5.74, 6) is 0. The molecule has 0 aliphatic carbocycles. The highest BCUT2D eigenvalue weighted by molar-refractivity contribution is 5.91. The predicted molar refractivity (Wildman–Crippen MR) is 60.3 cm³/mol. The Balaban J connectivity index is 3.09.